The monoisotopic (exact) mass is 431 g/mol. The summed E-state index contributed by atoms with van der Waals surface area (Å²) in [6, 6.07) is 12.5. The van der Waals surface area contributed by atoms with Crippen molar-refractivity contribution in [3.8, 4) is 0 Å². The van der Waals surface area contributed by atoms with Crippen LogP contribution < -0.4 is 5.32 Å². The molecule has 1 saturated heterocycles. The number of carbonyl (C=O) groups is 1. The molecule has 0 radical (unpaired) electrons. The lowest BCUT2D eigenvalue weighted by Crippen LogP contribution is -2.45. The van der Waals surface area contributed by atoms with Gasteiger partial charge in [0.15, 0.2) is 0 Å². The Bertz CT molecular complexity index is 865. The van der Waals surface area contributed by atoms with Crippen molar-refractivity contribution in [2.45, 2.75) is 25.8 Å². The third-order valence-electron chi connectivity index (χ3n) is 6.22. The molecule has 1 heterocycles. The molecule has 0 saturated carbocycles. The van der Waals surface area contributed by atoms with Gasteiger partial charge in [0.05, 0.1) is 18.3 Å². The summed E-state index contributed by atoms with van der Waals surface area (Å²) < 4.78 is 27.1. The average Bonchev–Trinajstić information content (AvgIpc) is 3.12. The number of likely N-dealkylation sites (N-methyl/N-ethyl adjacent to an activating group) is 1. The molecule has 0 aromatic heterocycles. The summed E-state index contributed by atoms with van der Waals surface area (Å²) in [5.74, 6) is -1.17. The maximum Gasteiger partial charge on any atom is 0.322 e. The van der Waals surface area contributed by atoms with Crippen LogP contribution in [-0.2, 0) is 6.42 Å². The number of nitrogens with one attached hydrogen (secondary N) is 1. The fourth-order valence-electron chi connectivity index (χ4n) is 4.43. The Labute approximate surface area is 182 Å². The van der Waals surface area contributed by atoms with Crippen molar-refractivity contribution < 1.29 is 18.7 Å². The van der Waals surface area contributed by atoms with Gasteiger partial charge < -0.3 is 20.2 Å². The van der Waals surface area contributed by atoms with E-state index < -0.39 is 17.7 Å². The van der Waals surface area contributed by atoms with Crippen molar-refractivity contribution in [1.29, 1.82) is 0 Å². The number of anilines is 1. The normalized spacial score (nSPS) is 21.0. The Morgan fingerprint density at radius 2 is 1.97 bits per heavy atom. The van der Waals surface area contributed by atoms with Gasteiger partial charge in [-0.15, -0.1) is 0 Å². The van der Waals surface area contributed by atoms with E-state index in [1.807, 2.05) is 18.2 Å². The molecule has 168 valence electrons. The number of likely N-dealkylation sites (tertiary alicyclic amines) is 1. The zero-order valence-corrected chi connectivity index (χ0v) is 18.1. The van der Waals surface area contributed by atoms with Crippen LogP contribution >= 0.6 is 0 Å². The van der Waals surface area contributed by atoms with E-state index in [2.05, 4.69) is 36.3 Å². The van der Waals surface area contributed by atoms with Crippen LogP contribution in [-0.4, -0.2) is 60.3 Å². The van der Waals surface area contributed by atoms with E-state index in [9.17, 15) is 18.7 Å². The van der Waals surface area contributed by atoms with E-state index in [0.717, 1.165) is 38.1 Å². The lowest BCUT2D eigenvalue weighted by atomic mass is 9.88. The van der Waals surface area contributed by atoms with E-state index in [1.54, 1.807) is 4.90 Å². The first-order valence-electron chi connectivity index (χ1n) is 10.8. The van der Waals surface area contributed by atoms with Crippen LogP contribution in [0, 0.1) is 23.5 Å². The van der Waals surface area contributed by atoms with Gasteiger partial charge in [-0.2, -0.15) is 0 Å². The molecule has 2 N–H and O–H groups in total. The molecule has 2 aromatic rings. The van der Waals surface area contributed by atoms with Gasteiger partial charge in [0.2, 0.25) is 0 Å². The summed E-state index contributed by atoms with van der Waals surface area (Å²) >= 11 is 0. The minimum atomic E-state index is -0.822. The quantitative estimate of drug-likeness (QED) is 0.665. The topological polar surface area (TPSA) is 55.8 Å². The zero-order chi connectivity index (χ0) is 22.4. The van der Waals surface area contributed by atoms with Crippen molar-refractivity contribution >= 4 is 11.7 Å². The second-order valence-electron chi connectivity index (χ2n) is 8.29. The van der Waals surface area contributed by atoms with E-state index in [1.165, 1.54) is 11.6 Å². The van der Waals surface area contributed by atoms with Gasteiger partial charge in [0.1, 0.15) is 11.6 Å². The molecule has 0 aliphatic carbocycles. The summed E-state index contributed by atoms with van der Waals surface area (Å²) in [5, 5.41) is 12.6. The number of amides is 2. The average molecular weight is 432 g/mol. The first-order valence-corrected chi connectivity index (χ1v) is 10.8. The molecular formula is C24H31F2N3O2. The number of rotatable bonds is 8. The number of hydrogen-bond donors (Lipinski definition) is 2. The minimum Gasteiger partial charge on any atom is -0.394 e. The molecule has 1 aliphatic heterocycles. The fourth-order valence-corrected chi connectivity index (χ4v) is 4.43. The predicted octanol–water partition coefficient (Wildman–Crippen LogP) is 3.99. The Morgan fingerprint density at radius 1 is 1.23 bits per heavy atom. The number of aliphatic hydroxyl groups is 1. The third-order valence-corrected chi connectivity index (χ3v) is 6.22. The summed E-state index contributed by atoms with van der Waals surface area (Å²) in [6.45, 7) is 4.05. The van der Waals surface area contributed by atoms with Gasteiger partial charge in [-0.05, 0) is 43.0 Å². The Morgan fingerprint density at radius 3 is 2.61 bits per heavy atom. The number of aliphatic hydroxyl groups excluding tert-OH is 1. The Kier molecular flexibility index (Phi) is 7.98. The van der Waals surface area contributed by atoms with Crippen molar-refractivity contribution in [3.05, 3.63) is 65.7 Å². The predicted molar refractivity (Wildman–Crippen MR) is 118 cm³/mol. The number of halogens is 2. The van der Waals surface area contributed by atoms with Gasteiger partial charge in [-0.3, -0.25) is 0 Å². The molecule has 1 fully saturated rings. The number of carbonyl (C=O) groups excluding carboxylic acids is 1. The molecule has 0 unspecified atom stereocenters. The van der Waals surface area contributed by atoms with Gasteiger partial charge in [-0.25, -0.2) is 13.6 Å². The van der Waals surface area contributed by atoms with E-state index in [-0.39, 0.29) is 30.2 Å². The summed E-state index contributed by atoms with van der Waals surface area (Å²) in [4.78, 5) is 16.7. The second-order valence-corrected chi connectivity index (χ2v) is 8.29. The van der Waals surface area contributed by atoms with Gasteiger partial charge in [0.25, 0.3) is 0 Å². The molecule has 1 aliphatic rings. The van der Waals surface area contributed by atoms with E-state index in [0.29, 0.717) is 6.54 Å². The fraction of sp³-hybridized carbons (Fsp3) is 0.458. The Hall–Kier alpha value is -2.51. The van der Waals surface area contributed by atoms with Gasteiger partial charge >= 0.3 is 6.03 Å². The van der Waals surface area contributed by atoms with Gasteiger partial charge in [-0.1, -0.05) is 43.7 Å². The van der Waals surface area contributed by atoms with Crippen LogP contribution in [0.4, 0.5) is 19.3 Å². The molecule has 5 nitrogen and oxygen atoms in total. The van der Waals surface area contributed by atoms with Crippen LogP contribution in [0.3, 0.4) is 0 Å². The number of benzene rings is 2. The highest BCUT2D eigenvalue weighted by Gasteiger charge is 2.43. The van der Waals surface area contributed by atoms with Crippen LogP contribution in [0.15, 0.2) is 48.5 Å². The maximum absolute atomic E-state index is 14.0. The minimum absolute atomic E-state index is 0.0698. The molecule has 0 spiro atoms. The zero-order valence-electron chi connectivity index (χ0n) is 18.1. The van der Waals surface area contributed by atoms with Crippen LogP contribution in [0.1, 0.15) is 18.9 Å². The lowest BCUT2D eigenvalue weighted by molar-refractivity contribution is 0.131. The first kappa shape index (κ1) is 23.2. The largest absolute Gasteiger partial charge is 0.394 e. The van der Waals surface area contributed by atoms with E-state index in [4.69, 9.17) is 0 Å². The van der Waals surface area contributed by atoms with Crippen molar-refractivity contribution in [3.63, 3.8) is 0 Å². The third kappa shape index (κ3) is 5.80. The first-order chi connectivity index (χ1) is 14.9. The molecule has 0 bridgehead atoms. The number of urea groups is 1. The molecule has 7 heteroatoms. The highest BCUT2D eigenvalue weighted by Crippen LogP contribution is 2.33. The highest BCUT2D eigenvalue weighted by atomic mass is 19.1. The number of nitrogens with zero attached hydrogens (tertiary/aromatic N) is 2. The van der Waals surface area contributed by atoms with Crippen molar-refractivity contribution in [2.75, 3.05) is 38.6 Å². The second kappa shape index (κ2) is 10.7. The van der Waals surface area contributed by atoms with Crippen molar-refractivity contribution in [2.24, 2.45) is 11.8 Å². The van der Waals surface area contributed by atoms with Crippen LogP contribution in [0.2, 0.25) is 0 Å². The molecule has 31 heavy (non-hydrogen) atoms. The molecular weight excluding hydrogens is 400 g/mol. The summed E-state index contributed by atoms with van der Waals surface area (Å²) in [6.07, 6.45) is 1.81. The summed E-state index contributed by atoms with van der Waals surface area (Å²) in [5.41, 5.74) is 1.20. The Balaban J connectivity index is 1.64. The van der Waals surface area contributed by atoms with Crippen LogP contribution in [0.25, 0.3) is 0 Å². The van der Waals surface area contributed by atoms with E-state index >= 15 is 0 Å². The molecule has 3 rings (SSSR count). The molecule has 2 aromatic carbocycles. The smallest absolute Gasteiger partial charge is 0.322 e. The van der Waals surface area contributed by atoms with Crippen LogP contribution in [0.5, 0.6) is 0 Å². The number of hydrogen-bond acceptors (Lipinski definition) is 3. The summed E-state index contributed by atoms with van der Waals surface area (Å²) in [7, 11) is 2.06. The van der Waals surface area contributed by atoms with Gasteiger partial charge in [0, 0.05) is 25.7 Å². The lowest BCUT2D eigenvalue weighted by Gasteiger charge is -2.30. The SMILES string of the molecule is CC[C@@H]1CN(C(=O)Nc2ccc(F)cc2F)[C@H](CO)[C@@H]1CN(C)CCc1ccccc1. The standard InChI is InChI=1S/C24H31F2N3O2/c1-3-18-14-29(24(31)27-22-10-9-19(25)13-21(22)26)23(16-30)20(18)15-28(2)12-11-17-7-5-4-6-8-17/h4-10,13,18,20,23,30H,3,11-12,14-16H2,1-2H3,(H,27,31)/t18-,20-,23-/m1/s1. The van der Waals surface area contributed by atoms with Crippen molar-refractivity contribution in [1.82, 2.24) is 9.80 Å². The molecule has 2 amide bonds. The molecule has 3 atom stereocenters. The highest BCUT2D eigenvalue weighted by molar-refractivity contribution is 5.90. The maximum atomic E-state index is 14.0.